The highest BCUT2D eigenvalue weighted by Crippen LogP contribution is 2.31. The van der Waals surface area contributed by atoms with Crippen LogP contribution in [0.5, 0.6) is 0 Å². The Hall–Kier alpha value is -3.58. The van der Waals surface area contributed by atoms with Crippen LogP contribution in [-0.2, 0) is 23.8 Å². The van der Waals surface area contributed by atoms with Gasteiger partial charge in [0.15, 0.2) is 0 Å². The molecule has 2 N–H and O–H groups in total. The number of nitrogens with one attached hydrogen (secondary N) is 2. The van der Waals surface area contributed by atoms with Gasteiger partial charge in [-0.1, -0.05) is 30.0 Å². The Kier molecular flexibility index (Phi) is 9.31. The first-order valence-electron chi connectivity index (χ1n) is 12.1. The van der Waals surface area contributed by atoms with Crippen molar-refractivity contribution in [3.63, 3.8) is 0 Å². The third kappa shape index (κ3) is 7.99. The lowest BCUT2D eigenvalue weighted by molar-refractivity contribution is -0.136. The van der Waals surface area contributed by atoms with Gasteiger partial charge in [0.1, 0.15) is 17.7 Å². The summed E-state index contributed by atoms with van der Waals surface area (Å²) in [5.74, 6) is 5.39. The minimum atomic E-state index is -0.713. The molecule has 0 aliphatic carbocycles. The van der Waals surface area contributed by atoms with Crippen LogP contribution in [0.2, 0.25) is 0 Å². The standard InChI is InChI=1S/C26H33N3O7/c1-26(2,3)36-24(32)27-14-8-16-34-15-7-6-10-18-9-4-5-11-19(18)21-17-29(25(33)35-21)20-12-13-22(30)28-23(20)31/h4-5,9,11,20-21H,7-8,12-17H2,1-3H3,(H,27,32)(H,28,30,31)/t20?,21-/m1/s1. The lowest BCUT2D eigenvalue weighted by Gasteiger charge is -2.27. The summed E-state index contributed by atoms with van der Waals surface area (Å²) in [5.41, 5.74) is 0.980. The second-order valence-corrected chi connectivity index (χ2v) is 9.53. The number of carbonyl (C=O) groups excluding carboxylic acids is 4. The van der Waals surface area contributed by atoms with E-state index in [0.717, 1.165) is 11.1 Å². The number of cyclic esters (lactones) is 1. The van der Waals surface area contributed by atoms with E-state index in [9.17, 15) is 19.2 Å². The number of benzene rings is 1. The van der Waals surface area contributed by atoms with Crippen LogP contribution in [0.3, 0.4) is 0 Å². The molecule has 2 atom stereocenters. The maximum absolute atomic E-state index is 12.5. The Morgan fingerprint density at radius 1 is 1.22 bits per heavy atom. The zero-order chi connectivity index (χ0) is 26.1. The number of rotatable bonds is 8. The summed E-state index contributed by atoms with van der Waals surface area (Å²) in [6, 6.07) is 6.70. The van der Waals surface area contributed by atoms with Crippen LogP contribution in [0.15, 0.2) is 24.3 Å². The smallest absolute Gasteiger partial charge is 0.411 e. The zero-order valence-electron chi connectivity index (χ0n) is 20.9. The van der Waals surface area contributed by atoms with Gasteiger partial charge >= 0.3 is 12.2 Å². The first kappa shape index (κ1) is 27.0. The summed E-state index contributed by atoms with van der Waals surface area (Å²) in [4.78, 5) is 49.0. The molecule has 2 fully saturated rings. The van der Waals surface area contributed by atoms with E-state index in [4.69, 9.17) is 14.2 Å². The molecule has 3 rings (SSSR count). The van der Waals surface area contributed by atoms with Crippen LogP contribution in [0.4, 0.5) is 9.59 Å². The van der Waals surface area contributed by atoms with Gasteiger partial charge < -0.3 is 19.5 Å². The molecule has 0 saturated carbocycles. The number of imide groups is 1. The second-order valence-electron chi connectivity index (χ2n) is 9.53. The number of hydrogen-bond acceptors (Lipinski definition) is 7. The predicted octanol–water partition coefficient (Wildman–Crippen LogP) is 2.66. The van der Waals surface area contributed by atoms with Crippen LogP contribution >= 0.6 is 0 Å². The van der Waals surface area contributed by atoms with Gasteiger partial charge in [0.25, 0.3) is 0 Å². The van der Waals surface area contributed by atoms with Crippen molar-refractivity contribution in [3.8, 4) is 11.8 Å². The third-order valence-corrected chi connectivity index (χ3v) is 5.46. The van der Waals surface area contributed by atoms with Gasteiger partial charge in [-0.25, -0.2) is 9.59 Å². The lowest BCUT2D eigenvalue weighted by atomic mass is 10.0. The van der Waals surface area contributed by atoms with Crippen molar-refractivity contribution in [2.45, 2.75) is 64.2 Å². The number of amides is 4. The van der Waals surface area contributed by atoms with E-state index in [1.54, 1.807) is 0 Å². The maximum Gasteiger partial charge on any atom is 0.411 e. The van der Waals surface area contributed by atoms with Gasteiger partial charge in [0.2, 0.25) is 11.8 Å². The number of piperidine rings is 1. The maximum atomic E-state index is 12.5. The number of nitrogens with zero attached hydrogens (tertiary/aromatic N) is 1. The van der Waals surface area contributed by atoms with Gasteiger partial charge in [0, 0.05) is 37.1 Å². The highest BCUT2D eigenvalue weighted by molar-refractivity contribution is 6.01. The van der Waals surface area contributed by atoms with E-state index in [0.29, 0.717) is 32.6 Å². The van der Waals surface area contributed by atoms with Crippen LogP contribution in [0.25, 0.3) is 0 Å². The number of hydrogen-bond donors (Lipinski definition) is 2. The quantitative estimate of drug-likeness (QED) is 0.320. The van der Waals surface area contributed by atoms with E-state index >= 15 is 0 Å². The fourth-order valence-corrected chi connectivity index (χ4v) is 3.83. The molecule has 2 aliphatic rings. The van der Waals surface area contributed by atoms with Crippen LogP contribution in [0, 0.1) is 11.8 Å². The van der Waals surface area contributed by atoms with E-state index < -0.39 is 35.8 Å². The van der Waals surface area contributed by atoms with E-state index in [-0.39, 0.29) is 25.3 Å². The Morgan fingerprint density at radius 2 is 2.00 bits per heavy atom. The van der Waals surface area contributed by atoms with Gasteiger partial charge in [0.05, 0.1) is 13.2 Å². The van der Waals surface area contributed by atoms with E-state index in [2.05, 4.69) is 22.5 Å². The topological polar surface area (TPSA) is 123 Å². The molecule has 1 aromatic carbocycles. The number of ether oxygens (including phenoxy) is 3. The molecule has 36 heavy (non-hydrogen) atoms. The van der Waals surface area contributed by atoms with Crippen molar-refractivity contribution >= 4 is 24.0 Å². The molecule has 194 valence electrons. The van der Waals surface area contributed by atoms with Crippen molar-refractivity contribution in [1.29, 1.82) is 0 Å². The molecule has 4 amide bonds. The Labute approximate surface area is 211 Å². The molecule has 2 saturated heterocycles. The molecule has 0 radical (unpaired) electrons. The van der Waals surface area contributed by atoms with E-state index in [1.165, 1.54) is 4.90 Å². The van der Waals surface area contributed by atoms with Gasteiger partial charge in [-0.3, -0.25) is 19.8 Å². The van der Waals surface area contributed by atoms with E-state index in [1.807, 2.05) is 45.0 Å². The molecule has 0 bridgehead atoms. The average molecular weight is 500 g/mol. The molecule has 1 aromatic rings. The van der Waals surface area contributed by atoms with Crippen LogP contribution in [0.1, 0.15) is 63.7 Å². The first-order chi connectivity index (χ1) is 17.1. The summed E-state index contributed by atoms with van der Waals surface area (Å²) in [6.07, 6.45) is 0.0712. The fraction of sp³-hybridized carbons (Fsp3) is 0.538. The molecule has 0 aromatic heterocycles. The summed E-state index contributed by atoms with van der Waals surface area (Å²) in [5, 5.41) is 4.96. The van der Waals surface area contributed by atoms with Crippen LogP contribution in [-0.4, -0.2) is 66.8 Å². The highest BCUT2D eigenvalue weighted by Gasteiger charge is 2.42. The van der Waals surface area contributed by atoms with Crippen molar-refractivity contribution < 1.29 is 33.4 Å². The summed E-state index contributed by atoms with van der Waals surface area (Å²) < 4.78 is 16.3. The molecular formula is C26H33N3O7. The molecular weight excluding hydrogens is 466 g/mol. The summed E-state index contributed by atoms with van der Waals surface area (Å²) in [7, 11) is 0. The molecule has 2 aliphatic heterocycles. The van der Waals surface area contributed by atoms with Gasteiger partial charge in [-0.2, -0.15) is 0 Å². The summed E-state index contributed by atoms with van der Waals surface area (Å²) >= 11 is 0. The van der Waals surface area contributed by atoms with Crippen LogP contribution < -0.4 is 10.6 Å². The normalized spacial score (nSPS) is 19.8. The largest absolute Gasteiger partial charge is 0.444 e. The zero-order valence-corrected chi connectivity index (χ0v) is 20.9. The fourth-order valence-electron chi connectivity index (χ4n) is 3.83. The lowest BCUT2D eigenvalue weighted by Crippen LogP contribution is -2.52. The molecule has 1 unspecified atom stereocenters. The molecule has 2 heterocycles. The molecule has 10 nitrogen and oxygen atoms in total. The minimum absolute atomic E-state index is 0.190. The average Bonchev–Trinajstić information content (AvgIpc) is 3.18. The Bertz CT molecular complexity index is 1040. The van der Waals surface area contributed by atoms with Crippen molar-refractivity contribution in [2.75, 3.05) is 26.3 Å². The Morgan fingerprint density at radius 3 is 2.75 bits per heavy atom. The molecule has 10 heteroatoms. The number of carbonyl (C=O) groups is 4. The summed E-state index contributed by atoms with van der Waals surface area (Å²) in [6.45, 7) is 7.04. The second kappa shape index (κ2) is 12.4. The number of alkyl carbamates (subject to hydrolysis) is 1. The van der Waals surface area contributed by atoms with Crippen molar-refractivity contribution in [1.82, 2.24) is 15.5 Å². The van der Waals surface area contributed by atoms with Gasteiger partial charge in [-0.15, -0.1) is 0 Å². The monoisotopic (exact) mass is 499 g/mol. The highest BCUT2D eigenvalue weighted by atomic mass is 16.6. The Balaban J connectivity index is 1.43. The van der Waals surface area contributed by atoms with Gasteiger partial charge in [-0.05, 0) is 39.7 Å². The molecule has 0 spiro atoms. The third-order valence-electron chi connectivity index (χ3n) is 5.46. The SMILES string of the molecule is CC(C)(C)OC(=O)NCCCOCCC#Cc1ccccc1[C@H]1CN(C2CCC(=O)NC2=O)C(=O)O1. The minimum Gasteiger partial charge on any atom is -0.444 e. The first-order valence-corrected chi connectivity index (χ1v) is 12.1. The van der Waals surface area contributed by atoms with Crippen molar-refractivity contribution in [3.05, 3.63) is 35.4 Å². The van der Waals surface area contributed by atoms with Crippen molar-refractivity contribution in [2.24, 2.45) is 0 Å². The predicted molar refractivity (Wildman–Crippen MR) is 130 cm³/mol.